The summed E-state index contributed by atoms with van der Waals surface area (Å²) in [5.41, 5.74) is 3.05. The molecule has 1 aliphatic carbocycles. The van der Waals surface area contributed by atoms with E-state index in [1.165, 1.54) is 0 Å². The summed E-state index contributed by atoms with van der Waals surface area (Å²) in [5, 5.41) is 0. The van der Waals surface area contributed by atoms with Crippen molar-refractivity contribution in [3.63, 3.8) is 0 Å². The second kappa shape index (κ2) is 4.62. The molecule has 0 heterocycles. The van der Waals surface area contributed by atoms with Gasteiger partial charge < -0.3 is 0 Å². The van der Waals surface area contributed by atoms with Crippen LogP contribution in [0.15, 0.2) is 18.2 Å². The Hall–Kier alpha value is -0.410. The first-order chi connectivity index (χ1) is 7.24. The first kappa shape index (κ1) is 11.1. The van der Waals surface area contributed by atoms with Crippen molar-refractivity contribution in [3.05, 3.63) is 34.9 Å². The van der Waals surface area contributed by atoms with Gasteiger partial charge in [0.1, 0.15) is 0 Å². The molecular formula is C12H14OS2. The number of hydrogen-bond donors (Lipinski definition) is 2. The number of Topliss-reactive ketones (excluding diaryl/α,β-unsaturated/α-hetero) is 1. The van der Waals surface area contributed by atoms with Crippen LogP contribution in [0, 0.1) is 5.92 Å². The number of carbonyl (C=O) groups excluding carboxylic acids is 1. The largest absolute Gasteiger partial charge is 0.294 e. The molecule has 1 aromatic rings. The van der Waals surface area contributed by atoms with E-state index in [9.17, 15) is 4.79 Å². The van der Waals surface area contributed by atoms with Crippen LogP contribution in [0.2, 0.25) is 0 Å². The van der Waals surface area contributed by atoms with E-state index in [4.69, 9.17) is 0 Å². The molecule has 1 aliphatic rings. The molecule has 1 nitrogen and oxygen atoms in total. The SMILES string of the molecule is O=C(c1cc(CS)cc(CS)c1)C1CC1. The van der Waals surface area contributed by atoms with Crippen molar-refractivity contribution < 1.29 is 4.79 Å². The van der Waals surface area contributed by atoms with E-state index >= 15 is 0 Å². The quantitative estimate of drug-likeness (QED) is 0.609. The fraction of sp³-hybridized carbons (Fsp3) is 0.417. The molecule has 1 aromatic carbocycles. The number of benzene rings is 1. The van der Waals surface area contributed by atoms with Crippen molar-refractivity contribution in [2.24, 2.45) is 5.92 Å². The smallest absolute Gasteiger partial charge is 0.165 e. The molecule has 0 unspecified atom stereocenters. The number of ketones is 1. The van der Waals surface area contributed by atoms with Crippen LogP contribution in [0.5, 0.6) is 0 Å². The van der Waals surface area contributed by atoms with Gasteiger partial charge in [-0.05, 0) is 36.1 Å². The molecule has 3 heteroatoms. The monoisotopic (exact) mass is 238 g/mol. The third-order valence-corrected chi connectivity index (χ3v) is 3.38. The summed E-state index contributed by atoms with van der Waals surface area (Å²) in [6.45, 7) is 0. The molecule has 15 heavy (non-hydrogen) atoms. The Balaban J connectivity index is 2.32. The van der Waals surface area contributed by atoms with Crippen molar-refractivity contribution in [1.29, 1.82) is 0 Å². The summed E-state index contributed by atoms with van der Waals surface area (Å²) in [5.74, 6) is 1.92. The summed E-state index contributed by atoms with van der Waals surface area (Å²) in [6, 6.07) is 5.98. The van der Waals surface area contributed by atoms with Crippen molar-refractivity contribution in [1.82, 2.24) is 0 Å². The Labute approximate surface area is 101 Å². The fourth-order valence-corrected chi connectivity index (χ4v) is 2.03. The topological polar surface area (TPSA) is 17.1 Å². The predicted molar refractivity (Wildman–Crippen MR) is 68.9 cm³/mol. The highest BCUT2D eigenvalue weighted by Crippen LogP contribution is 2.33. The lowest BCUT2D eigenvalue weighted by Gasteiger charge is -2.05. The minimum Gasteiger partial charge on any atom is -0.294 e. The standard InChI is InChI=1S/C12H14OS2/c13-12(10-1-2-10)11-4-8(6-14)3-9(5-11)7-15/h3-5,10,14-15H,1-2,6-7H2. The summed E-state index contributed by atoms with van der Waals surface area (Å²) < 4.78 is 0. The van der Waals surface area contributed by atoms with E-state index in [0.717, 1.165) is 29.5 Å². The van der Waals surface area contributed by atoms with Crippen LogP contribution in [-0.2, 0) is 11.5 Å². The Kier molecular flexibility index (Phi) is 3.42. The van der Waals surface area contributed by atoms with Gasteiger partial charge in [-0.15, -0.1) is 0 Å². The van der Waals surface area contributed by atoms with Crippen LogP contribution in [-0.4, -0.2) is 5.78 Å². The van der Waals surface area contributed by atoms with Gasteiger partial charge in [-0.2, -0.15) is 25.3 Å². The Morgan fingerprint density at radius 3 is 2.07 bits per heavy atom. The van der Waals surface area contributed by atoms with Gasteiger partial charge in [-0.3, -0.25) is 4.79 Å². The van der Waals surface area contributed by atoms with E-state index < -0.39 is 0 Å². The van der Waals surface area contributed by atoms with Gasteiger partial charge in [0.15, 0.2) is 5.78 Å². The zero-order valence-electron chi connectivity index (χ0n) is 8.44. The molecule has 0 spiro atoms. The first-order valence-corrected chi connectivity index (χ1v) is 6.40. The zero-order chi connectivity index (χ0) is 10.8. The van der Waals surface area contributed by atoms with Gasteiger partial charge in [-0.25, -0.2) is 0 Å². The van der Waals surface area contributed by atoms with Crippen molar-refractivity contribution in [2.45, 2.75) is 24.3 Å². The predicted octanol–water partition coefficient (Wildman–Crippen LogP) is 3.14. The lowest BCUT2D eigenvalue weighted by atomic mass is 10.0. The molecule has 1 saturated carbocycles. The summed E-state index contributed by atoms with van der Waals surface area (Å²) in [6.07, 6.45) is 2.11. The van der Waals surface area contributed by atoms with Gasteiger partial charge in [0.2, 0.25) is 0 Å². The highest BCUT2D eigenvalue weighted by molar-refractivity contribution is 7.79. The lowest BCUT2D eigenvalue weighted by molar-refractivity contribution is 0.0967. The molecule has 0 atom stereocenters. The molecule has 0 radical (unpaired) electrons. The van der Waals surface area contributed by atoms with Crippen molar-refractivity contribution in [3.8, 4) is 0 Å². The molecule has 0 amide bonds. The van der Waals surface area contributed by atoms with E-state index in [2.05, 4.69) is 31.3 Å². The van der Waals surface area contributed by atoms with Gasteiger partial charge in [-0.1, -0.05) is 6.07 Å². The molecule has 0 bridgehead atoms. The number of rotatable bonds is 4. The number of thiol groups is 2. The average Bonchev–Trinajstić information content (AvgIpc) is 3.11. The second-order valence-electron chi connectivity index (χ2n) is 3.99. The molecule has 0 N–H and O–H groups in total. The third kappa shape index (κ3) is 2.58. The second-order valence-corrected chi connectivity index (χ2v) is 4.63. The highest BCUT2D eigenvalue weighted by Gasteiger charge is 2.30. The maximum absolute atomic E-state index is 11.9. The normalized spacial score (nSPS) is 15.3. The number of hydrogen-bond acceptors (Lipinski definition) is 3. The zero-order valence-corrected chi connectivity index (χ0v) is 10.2. The van der Waals surface area contributed by atoms with E-state index in [-0.39, 0.29) is 5.92 Å². The molecule has 0 aliphatic heterocycles. The summed E-state index contributed by atoms with van der Waals surface area (Å²) in [4.78, 5) is 11.9. The van der Waals surface area contributed by atoms with E-state index in [1.54, 1.807) is 0 Å². The molecule has 0 aromatic heterocycles. The van der Waals surface area contributed by atoms with E-state index in [1.807, 2.05) is 12.1 Å². The van der Waals surface area contributed by atoms with Crippen LogP contribution in [0.1, 0.15) is 34.3 Å². The van der Waals surface area contributed by atoms with Crippen molar-refractivity contribution >= 4 is 31.0 Å². The Morgan fingerprint density at radius 2 is 1.67 bits per heavy atom. The van der Waals surface area contributed by atoms with Gasteiger partial charge in [0, 0.05) is 23.0 Å². The highest BCUT2D eigenvalue weighted by atomic mass is 32.1. The lowest BCUT2D eigenvalue weighted by Crippen LogP contribution is -2.03. The Morgan fingerprint density at radius 1 is 1.13 bits per heavy atom. The number of carbonyl (C=O) groups is 1. The van der Waals surface area contributed by atoms with Gasteiger partial charge >= 0.3 is 0 Å². The summed E-state index contributed by atoms with van der Waals surface area (Å²) in [7, 11) is 0. The fourth-order valence-electron chi connectivity index (χ4n) is 1.67. The maximum atomic E-state index is 11.9. The van der Waals surface area contributed by atoms with Crippen LogP contribution < -0.4 is 0 Å². The van der Waals surface area contributed by atoms with Crippen LogP contribution in [0.3, 0.4) is 0 Å². The van der Waals surface area contributed by atoms with Crippen LogP contribution in [0.25, 0.3) is 0 Å². The minimum atomic E-state index is 0.285. The molecule has 1 fully saturated rings. The average molecular weight is 238 g/mol. The Bertz CT molecular complexity index is 361. The van der Waals surface area contributed by atoms with Crippen molar-refractivity contribution in [2.75, 3.05) is 0 Å². The van der Waals surface area contributed by atoms with Crippen LogP contribution in [0.4, 0.5) is 0 Å². The molecule has 80 valence electrons. The van der Waals surface area contributed by atoms with Crippen LogP contribution >= 0.6 is 25.3 Å². The first-order valence-electron chi connectivity index (χ1n) is 5.13. The molecule has 0 saturated heterocycles. The maximum Gasteiger partial charge on any atom is 0.165 e. The third-order valence-electron chi connectivity index (χ3n) is 2.65. The summed E-state index contributed by atoms with van der Waals surface area (Å²) >= 11 is 8.49. The van der Waals surface area contributed by atoms with Gasteiger partial charge in [0.05, 0.1) is 0 Å². The minimum absolute atomic E-state index is 0.285. The van der Waals surface area contributed by atoms with E-state index in [0.29, 0.717) is 17.3 Å². The molecular weight excluding hydrogens is 224 g/mol. The van der Waals surface area contributed by atoms with Gasteiger partial charge in [0.25, 0.3) is 0 Å². The molecule has 2 rings (SSSR count).